The number of nitrogens with zero attached hydrogens (tertiary/aromatic N) is 3. The highest BCUT2D eigenvalue weighted by molar-refractivity contribution is 6.11. The highest BCUT2D eigenvalue weighted by atomic mass is 16.1. The van der Waals surface area contributed by atoms with Gasteiger partial charge in [0.15, 0.2) is 5.65 Å². The molecule has 4 rings (SSSR count). The molecule has 0 bridgehead atoms. The summed E-state index contributed by atoms with van der Waals surface area (Å²) >= 11 is 0. The van der Waals surface area contributed by atoms with Gasteiger partial charge in [-0.2, -0.15) is 0 Å². The fourth-order valence-corrected chi connectivity index (χ4v) is 2.63. The average molecular weight is 261 g/mol. The molecule has 0 unspecified atom stereocenters. The molecule has 4 nitrogen and oxygen atoms in total. The molecule has 0 saturated carbocycles. The van der Waals surface area contributed by atoms with E-state index in [2.05, 4.69) is 9.97 Å². The van der Waals surface area contributed by atoms with Crippen LogP contribution >= 0.6 is 0 Å². The van der Waals surface area contributed by atoms with E-state index in [0.29, 0.717) is 5.65 Å². The van der Waals surface area contributed by atoms with Gasteiger partial charge in [-0.3, -0.25) is 9.36 Å². The lowest BCUT2D eigenvalue weighted by Crippen LogP contribution is -2.05. The van der Waals surface area contributed by atoms with Gasteiger partial charge in [-0.05, 0) is 18.2 Å². The van der Waals surface area contributed by atoms with Crippen molar-refractivity contribution in [2.45, 2.75) is 6.92 Å². The number of carbonyl (C=O) groups excluding carboxylic acids is 1. The lowest BCUT2D eigenvalue weighted by Gasteiger charge is -2.01. The molecule has 96 valence electrons. The van der Waals surface area contributed by atoms with Crippen molar-refractivity contribution in [3.8, 4) is 0 Å². The highest BCUT2D eigenvalue weighted by Gasteiger charge is 2.16. The number of hydrogen-bond acceptors (Lipinski definition) is 3. The first-order valence-electron chi connectivity index (χ1n) is 6.42. The lowest BCUT2D eigenvalue weighted by atomic mass is 10.2. The molecule has 4 aromatic rings. The van der Waals surface area contributed by atoms with Crippen molar-refractivity contribution >= 4 is 39.0 Å². The van der Waals surface area contributed by atoms with Crippen LogP contribution in [0.1, 0.15) is 11.7 Å². The van der Waals surface area contributed by atoms with Crippen molar-refractivity contribution in [3.05, 3.63) is 48.5 Å². The van der Waals surface area contributed by atoms with E-state index in [1.54, 1.807) is 11.5 Å². The number of para-hydroxylation sites is 3. The van der Waals surface area contributed by atoms with Gasteiger partial charge in [0.05, 0.1) is 16.6 Å². The van der Waals surface area contributed by atoms with Crippen molar-refractivity contribution in [3.63, 3.8) is 0 Å². The highest BCUT2D eigenvalue weighted by Crippen LogP contribution is 2.27. The molecule has 0 spiro atoms. The molecular formula is C16H11N3O. The number of carbonyl (C=O) groups is 1. The van der Waals surface area contributed by atoms with Crippen LogP contribution in [0.4, 0.5) is 0 Å². The maximum Gasteiger partial charge on any atom is 0.229 e. The number of hydrogen-bond donors (Lipinski definition) is 0. The molecule has 0 aliphatic rings. The summed E-state index contributed by atoms with van der Waals surface area (Å²) in [5.41, 5.74) is 3.88. The average Bonchev–Trinajstić information content (AvgIpc) is 2.78. The van der Waals surface area contributed by atoms with Gasteiger partial charge in [-0.25, -0.2) is 9.97 Å². The first-order chi connectivity index (χ1) is 9.75. The Morgan fingerprint density at radius 2 is 1.60 bits per heavy atom. The zero-order chi connectivity index (χ0) is 13.7. The molecule has 4 heteroatoms. The maximum absolute atomic E-state index is 12.0. The topological polar surface area (TPSA) is 47.8 Å². The number of benzene rings is 2. The van der Waals surface area contributed by atoms with E-state index in [9.17, 15) is 4.79 Å². The van der Waals surface area contributed by atoms with Crippen LogP contribution in [0.15, 0.2) is 48.5 Å². The smallest absolute Gasteiger partial charge is 0.229 e. The molecule has 0 saturated heterocycles. The Kier molecular flexibility index (Phi) is 2.15. The first-order valence-corrected chi connectivity index (χ1v) is 6.42. The zero-order valence-electron chi connectivity index (χ0n) is 10.9. The first kappa shape index (κ1) is 11.1. The van der Waals surface area contributed by atoms with Crippen molar-refractivity contribution in [1.29, 1.82) is 0 Å². The minimum Gasteiger partial charge on any atom is -0.274 e. The summed E-state index contributed by atoms with van der Waals surface area (Å²) in [4.78, 5) is 21.3. The number of aromatic nitrogens is 3. The molecule has 2 aromatic heterocycles. The van der Waals surface area contributed by atoms with Crippen LogP contribution < -0.4 is 0 Å². The Balaban J connectivity index is 2.32. The molecule has 0 radical (unpaired) electrons. The Bertz CT molecular complexity index is 985. The van der Waals surface area contributed by atoms with Crippen molar-refractivity contribution < 1.29 is 4.79 Å². The molecular weight excluding hydrogens is 250 g/mol. The van der Waals surface area contributed by atoms with E-state index in [0.717, 1.165) is 27.5 Å². The van der Waals surface area contributed by atoms with Gasteiger partial charge in [0.1, 0.15) is 5.52 Å². The summed E-state index contributed by atoms with van der Waals surface area (Å²) < 4.78 is 1.63. The molecule has 20 heavy (non-hydrogen) atoms. The van der Waals surface area contributed by atoms with Gasteiger partial charge in [-0.1, -0.05) is 30.3 Å². The monoisotopic (exact) mass is 261 g/mol. The van der Waals surface area contributed by atoms with Crippen LogP contribution in [-0.4, -0.2) is 20.4 Å². The van der Waals surface area contributed by atoms with Crippen LogP contribution in [0.3, 0.4) is 0 Å². The summed E-state index contributed by atoms with van der Waals surface area (Å²) in [5, 5.41) is 0.955. The summed E-state index contributed by atoms with van der Waals surface area (Å²) in [6.45, 7) is 1.54. The van der Waals surface area contributed by atoms with Gasteiger partial charge < -0.3 is 0 Å². The van der Waals surface area contributed by atoms with Crippen molar-refractivity contribution in [2.75, 3.05) is 0 Å². The van der Waals surface area contributed by atoms with E-state index in [1.165, 1.54) is 0 Å². The third kappa shape index (κ3) is 1.39. The third-order valence-electron chi connectivity index (χ3n) is 3.48. The molecule has 0 aliphatic heterocycles. The Labute approximate surface area is 114 Å². The summed E-state index contributed by atoms with van der Waals surface area (Å²) in [5.74, 6) is -0.0548. The van der Waals surface area contributed by atoms with E-state index in [4.69, 9.17) is 0 Å². The maximum atomic E-state index is 12.0. The van der Waals surface area contributed by atoms with Gasteiger partial charge >= 0.3 is 0 Å². The zero-order valence-corrected chi connectivity index (χ0v) is 10.9. The molecule has 0 atom stereocenters. The molecule has 0 N–H and O–H groups in total. The minimum atomic E-state index is -0.0548. The Morgan fingerprint density at radius 1 is 0.950 bits per heavy atom. The fraction of sp³-hybridized carbons (Fsp3) is 0.0625. The predicted octanol–water partition coefficient (Wildman–Crippen LogP) is 3.40. The Morgan fingerprint density at radius 3 is 2.35 bits per heavy atom. The van der Waals surface area contributed by atoms with Crippen LogP contribution in [0.5, 0.6) is 0 Å². The molecule has 2 aromatic carbocycles. The molecule has 0 aliphatic carbocycles. The quantitative estimate of drug-likeness (QED) is 0.487. The van der Waals surface area contributed by atoms with Gasteiger partial charge in [0.2, 0.25) is 5.91 Å². The van der Waals surface area contributed by atoms with Crippen LogP contribution in [0.2, 0.25) is 0 Å². The van der Waals surface area contributed by atoms with Crippen molar-refractivity contribution in [1.82, 2.24) is 14.5 Å². The van der Waals surface area contributed by atoms with Crippen LogP contribution in [0, 0.1) is 0 Å². The second kappa shape index (κ2) is 3.87. The van der Waals surface area contributed by atoms with Gasteiger partial charge in [0, 0.05) is 12.3 Å². The second-order valence-corrected chi connectivity index (χ2v) is 4.76. The summed E-state index contributed by atoms with van der Waals surface area (Å²) in [6, 6.07) is 15.5. The molecule has 0 amide bonds. The van der Waals surface area contributed by atoms with Crippen LogP contribution in [-0.2, 0) is 0 Å². The van der Waals surface area contributed by atoms with E-state index in [1.807, 2.05) is 48.5 Å². The van der Waals surface area contributed by atoms with Gasteiger partial charge in [0.25, 0.3) is 0 Å². The normalized spacial score (nSPS) is 11.4. The van der Waals surface area contributed by atoms with Gasteiger partial charge in [-0.15, -0.1) is 0 Å². The van der Waals surface area contributed by atoms with Crippen LogP contribution in [0.25, 0.3) is 33.1 Å². The second-order valence-electron chi connectivity index (χ2n) is 4.76. The van der Waals surface area contributed by atoms with E-state index >= 15 is 0 Å². The largest absolute Gasteiger partial charge is 0.274 e. The lowest BCUT2D eigenvalue weighted by molar-refractivity contribution is 0.0946. The third-order valence-corrected chi connectivity index (χ3v) is 3.48. The van der Waals surface area contributed by atoms with Crippen molar-refractivity contribution in [2.24, 2.45) is 0 Å². The summed E-state index contributed by atoms with van der Waals surface area (Å²) in [6.07, 6.45) is 0. The number of rotatable bonds is 0. The van der Waals surface area contributed by atoms with E-state index in [-0.39, 0.29) is 5.91 Å². The SMILES string of the molecule is CC(=O)n1c2ccccc2c2nc3ccccc3nc21. The summed E-state index contributed by atoms with van der Waals surface area (Å²) in [7, 11) is 0. The fourth-order valence-electron chi connectivity index (χ4n) is 2.63. The molecule has 0 fully saturated rings. The number of fused-ring (bicyclic) bond motifs is 4. The van der Waals surface area contributed by atoms with E-state index < -0.39 is 0 Å². The molecule has 2 heterocycles. The minimum absolute atomic E-state index is 0.0548. The Hall–Kier alpha value is -2.75. The predicted molar refractivity (Wildman–Crippen MR) is 78.8 cm³/mol. The standard InChI is InChI=1S/C16H11N3O/c1-10(20)19-14-9-5-2-6-11(14)15-16(19)18-13-8-4-3-7-12(13)17-15/h2-9H,1H3.